The van der Waals surface area contributed by atoms with Crippen LogP contribution in [0, 0.1) is 19.7 Å². The molecule has 146 valence electrons. The topological polar surface area (TPSA) is 65.4 Å². The minimum atomic E-state index is -0.364. The highest BCUT2D eigenvalue weighted by Crippen LogP contribution is 2.21. The van der Waals surface area contributed by atoms with Crippen molar-refractivity contribution in [3.05, 3.63) is 71.3 Å². The number of hydrogen-bond donors (Lipinski definition) is 1. The number of benzene rings is 2. The second-order valence-electron chi connectivity index (χ2n) is 6.35. The van der Waals surface area contributed by atoms with E-state index in [1.807, 2.05) is 38.1 Å². The molecule has 0 aliphatic rings. The number of nitrogens with zero attached hydrogens (tertiary/aromatic N) is 2. The predicted molar refractivity (Wildman–Crippen MR) is 104 cm³/mol. The molecular weight excluding hydrogens is 361 g/mol. The molecule has 6 nitrogen and oxygen atoms in total. The Balaban J connectivity index is 1.64. The zero-order valence-corrected chi connectivity index (χ0v) is 16.0. The Hall–Kier alpha value is -3.35. The van der Waals surface area contributed by atoms with Crippen LogP contribution in [-0.2, 0) is 17.9 Å². The van der Waals surface area contributed by atoms with Crippen LogP contribution in [0.4, 0.5) is 10.1 Å². The van der Waals surface area contributed by atoms with E-state index in [9.17, 15) is 9.18 Å². The van der Waals surface area contributed by atoms with Gasteiger partial charge in [0.15, 0.2) is 6.73 Å². The number of carbonyl (C=O) groups is 1. The minimum absolute atomic E-state index is 0.116. The highest BCUT2D eigenvalue weighted by molar-refractivity contribution is 5.93. The first kappa shape index (κ1) is 19.4. The summed E-state index contributed by atoms with van der Waals surface area (Å²) in [5, 5.41) is 7.31. The Morgan fingerprint density at radius 1 is 1.14 bits per heavy atom. The zero-order valence-electron chi connectivity index (χ0n) is 16.0. The molecule has 0 saturated heterocycles. The third-order valence-electron chi connectivity index (χ3n) is 4.32. The fraction of sp³-hybridized carbons (Fsp3) is 0.238. The SMILES string of the molecule is COc1ccc(CC(=O)Nc2c(C)nn(COc3cccc(F)c3)c2C)cc1. The van der Waals surface area contributed by atoms with E-state index in [0.717, 1.165) is 17.0 Å². The number of methoxy groups -OCH3 is 1. The van der Waals surface area contributed by atoms with E-state index in [1.54, 1.807) is 23.9 Å². The summed E-state index contributed by atoms with van der Waals surface area (Å²) in [5.74, 6) is 0.660. The lowest BCUT2D eigenvalue weighted by molar-refractivity contribution is -0.115. The van der Waals surface area contributed by atoms with Crippen LogP contribution in [0.1, 0.15) is 17.0 Å². The van der Waals surface area contributed by atoms with E-state index >= 15 is 0 Å². The molecule has 3 aromatic rings. The van der Waals surface area contributed by atoms with Gasteiger partial charge in [0.25, 0.3) is 0 Å². The van der Waals surface area contributed by atoms with Gasteiger partial charge in [-0.2, -0.15) is 5.10 Å². The van der Waals surface area contributed by atoms with Crippen LogP contribution in [0.2, 0.25) is 0 Å². The van der Waals surface area contributed by atoms with E-state index in [0.29, 0.717) is 17.1 Å². The molecule has 1 aromatic heterocycles. The summed E-state index contributed by atoms with van der Waals surface area (Å²) < 4.78 is 25.6. The molecule has 1 N–H and O–H groups in total. The standard InChI is InChI=1S/C21H22FN3O3/c1-14-21(23-20(26)11-16-7-9-18(27-3)10-8-16)15(2)25(24-14)13-28-19-6-4-5-17(22)12-19/h4-10,12H,11,13H2,1-3H3,(H,23,26). The normalized spacial score (nSPS) is 10.6. The zero-order chi connectivity index (χ0) is 20.1. The van der Waals surface area contributed by atoms with Crippen LogP contribution in [0.15, 0.2) is 48.5 Å². The lowest BCUT2D eigenvalue weighted by Crippen LogP contribution is -2.16. The van der Waals surface area contributed by atoms with E-state index in [4.69, 9.17) is 9.47 Å². The first-order valence-corrected chi connectivity index (χ1v) is 8.81. The molecule has 0 spiro atoms. The predicted octanol–water partition coefficient (Wildman–Crippen LogP) is 3.87. The quantitative estimate of drug-likeness (QED) is 0.673. The largest absolute Gasteiger partial charge is 0.497 e. The van der Waals surface area contributed by atoms with Gasteiger partial charge >= 0.3 is 0 Å². The number of carbonyl (C=O) groups excluding carboxylic acids is 1. The van der Waals surface area contributed by atoms with Crippen molar-refractivity contribution < 1.29 is 18.7 Å². The molecule has 0 saturated carbocycles. The lowest BCUT2D eigenvalue weighted by Gasteiger charge is -2.09. The summed E-state index contributed by atoms with van der Waals surface area (Å²) in [4.78, 5) is 12.4. The maximum absolute atomic E-state index is 13.2. The number of halogens is 1. The number of amides is 1. The van der Waals surface area contributed by atoms with Crippen molar-refractivity contribution in [3.63, 3.8) is 0 Å². The van der Waals surface area contributed by atoms with E-state index in [1.165, 1.54) is 12.1 Å². The number of rotatable bonds is 7. The summed E-state index contributed by atoms with van der Waals surface area (Å²) in [5.41, 5.74) is 2.98. The van der Waals surface area contributed by atoms with Crippen molar-refractivity contribution in [1.82, 2.24) is 9.78 Å². The molecule has 0 aliphatic carbocycles. The average Bonchev–Trinajstić information content (AvgIpc) is 2.94. The highest BCUT2D eigenvalue weighted by atomic mass is 19.1. The Labute approximate surface area is 162 Å². The van der Waals surface area contributed by atoms with Crippen LogP contribution in [0.5, 0.6) is 11.5 Å². The number of nitrogens with one attached hydrogen (secondary N) is 1. The van der Waals surface area contributed by atoms with Gasteiger partial charge in [-0.05, 0) is 43.7 Å². The first-order valence-electron chi connectivity index (χ1n) is 8.81. The van der Waals surface area contributed by atoms with Gasteiger partial charge in [0, 0.05) is 6.07 Å². The van der Waals surface area contributed by atoms with Gasteiger partial charge in [0.05, 0.1) is 30.6 Å². The van der Waals surface area contributed by atoms with Crippen LogP contribution in [0.3, 0.4) is 0 Å². The molecule has 0 atom stereocenters. The Morgan fingerprint density at radius 2 is 1.89 bits per heavy atom. The van der Waals surface area contributed by atoms with Crippen molar-refractivity contribution in [2.75, 3.05) is 12.4 Å². The molecule has 0 unspecified atom stereocenters. The Morgan fingerprint density at radius 3 is 2.57 bits per heavy atom. The van der Waals surface area contributed by atoms with Crippen LogP contribution in [-0.4, -0.2) is 22.8 Å². The maximum Gasteiger partial charge on any atom is 0.228 e. The number of aryl methyl sites for hydroxylation is 1. The van der Waals surface area contributed by atoms with Crippen molar-refractivity contribution in [1.29, 1.82) is 0 Å². The molecule has 28 heavy (non-hydrogen) atoms. The average molecular weight is 383 g/mol. The third kappa shape index (κ3) is 4.68. The Kier molecular flexibility index (Phi) is 5.93. The van der Waals surface area contributed by atoms with Gasteiger partial charge in [0.1, 0.15) is 17.3 Å². The molecule has 0 bridgehead atoms. The first-order chi connectivity index (χ1) is 13.5. The molecule has 0 fully saturated rings. The molecule has 0 aliphatic heterocycles. The second-order valence-corrected chi connectivity index (χ2v) is 6.35. The third-order valence-corrected chi connectivity index (χ3v) is 4.32. The van der Waals surface area contributed by atoms with E-state index < -0.39 is 0 Å². The van der Waals surface area contributed by atoms with Crippen LogP contribution in [0.25, 0.3) is 0 Å². The van der Waals surface area contributed by atoms with Gasteiger partial charge in [-0.25, -0.2) is 9.07 Å². The van der Waals surface area contributed by atoms with Gasteiger partial charge in [-0.3, -0.25) is 4.79 Å². The van der Waals surface area contributed by atoms with Gasteiger partial charge in [-0.1, -0.05) is 18.2 Å². The highest BCUT2D eigenvalue weighted by Gasteiger charge is 2.15. The number of ether oxygens (including phenoxy) is 2. The number of hydrogen-bond acceptors (Lipinski definition) is 4. The van der Waals surface area contributed by atoms with Crippen LogP contribution >= 0.6 is 0 Å². The number of anilines is 1. The number of aromatic nitrogens is 2. The van der Waals surface area contributed by atoms with Gasteiger partial charge in [-0.15, -0.1) is 0 Å². The molecule has 1 heterocycles. The summed E-state index contributed by atoms with van der Waals surface area (Å²) in [6, 6.07) is 13.3. The van der Waals surface area contributed by atoms with E-state index in [-0.39, 0.29) is 24.9 Å². The molecular formula is C21H22FN3O3. The molecule has 3 rings (SSSR count). The minimum Gasteiger partial charge on any atom is -0.497 e. The summed E-state index contributed by atoms with van der Waals surface area (Å²) in [6.07, 6.45) is 0.244. The monoisotopic (exact) mass is 383 g/mol. The Bertz CT molecular complexity index is 968. The fourth-order valence-electron chi connectivity index (χ4n) is 2.81. The van der Waals surface area contributed by atoms with Gasteiger partial charge in [0.2, 0.25) is 5.91 Å². The fourth-order valence-corrected chi connectivity index (χ4v) is 2.81. The maximum atomic E-state index is 13.2. The van der Waals surface area contributed by atoms with Crippen molar-refractivity contribution in [2.24, 2.45) is 0 Å². The summed E-state index contributed by atoms with van der Waals surface area (Å²) in [6.45, 7) is 3.77. The smallest absolute Gasteiger partial charge is 0.228 e. The second kappa shape index (κ2) is 8.56. The van der Waals surface area contributed by atoms with Crippen molar-refractivity contribution in [2.45, 2.75) is 27.0 Å². The molecule has 0 radical (unpaired) electrons. The van der Waals surface area contributed by atoms with E-state index in [2.05, 4.69) is 10.4 Å². The lowest BCUT2D eigenvalue weighted by atomic mass is 10.1. The molecule has 7 heteroatoms. The van der Waals surface area contributed by atoms with Crippen molar-refractivity contribution in [3.8, 4) is 11.5 Å². The molecule has 2 aromatic carbocycles. The summed E-state index contributed by atoms with van der Waals surface area (Å²) >= 11 is 0. The van der Waals surface area contributed by atoms with Crippen molar-refractivity contribution >= 4 is 11.6 Å². The van der Waals surface area contributed by atoms with Crippen LogP contribution < -0.4 is 14.8 Å². The van der Waals surface area contributed by atoms with Gasteiger partial charge < -0.3 is 14.8 Å². The molecule has 1 amide bonds. The summed E-state index contributed by atoms with van der Waals surface area (Å²) in [7, 11) is 1.60.